The van der Waals surface area contributed by atoms with Gasteiger partial charge in [-0.3, -0.25) is 10.1 Å². The Morgan fingerprint density at radius 2 is 2.30 bits per heavy atom. The molecule has 5 heteroatoms. The molecule has 110 valence electrons. The van der Waals surface area contributed by atoms with E-state index >= 15 is 0 Å². The van der Waals surface area contributed by atoms with Gasteiger partial charge in [0.15, 0.2) is 0 Å². The van der Waals surface area contributed by atoms with Crippen LogP contribution in [0.25, 0.3) is 0 Å². The second-order valence-corrected chi connectivity index (χ2v) is 4.87. The first-order chi connectivity index (χ1) is 9.65. The number of carbonyl (C=O) groups is 1. The SMILES string of the molecule is CCOC(C)CN1C(=O)CNC1c1cccc(OC)c1. The quantitative estimate of drug-likeness (QED) is 0.858. The van der Waals surface area contributed by atoms with Crippen LogP contribution in [-0.2, 0) is 9.53 Å². The summed E-state index contributed by atoms with van der Waals surface area (Å²) in [7, 11) is 1.64. The summed E-state index contributed by atoms with van der Waals surface area (Å²) >= 11 is 0. The highest BCUT2D eigenvalue weighted by Crippen LogP contribution is 2.25. The number of benzene rings is 1. The van der Waals surface area contributed by atoms with Crippen molar-refractivity contribution in [3.05, 3.63) is 29.8 Å². The molecule has 1 fully saturated rings. The van der Waals surface area contributed by atoms with Crippen LogP contribution >= 0.6 is 0 Å². The van der Waals surface area contributed by atoms with Crippen molar-refractivity contribution in [2.45, 2.75) is 26.1 Å². The molecular weight excluding hydrogens is 256 g/mol. The van der Waals surface area contributed by atoms with Gasteiger partial charge in [0, 0.05) is 13.2 Å². The van der Waals surface area contributed by atoms with E-state index < -0.39 is 0 Å². The van der Waals surface area contributed by atoms with E-state index in [9.17, 15) is 4.79 Å². The molecule has 1 aromatic carbocycles. The molecule has 1 aliphatic rings. The standard InChI is InChI=1S/C15H22N2O3/c1-4-20-11(2)10-17-14(18)9-16-15(17)12-6-5-7-13(8-12)19-3/h5-8,11,15-16H,4,9-10H2,1-3H3. The summed E-state index contributed by atoms with van der Waals surface area (Å²) in [4.78, 5) is 13.9. The molecule has 1 aromatic rings. The van der Waals surface area contributed by atoms with Gasteiger partial charge in [0.1, 0.15) is 11.9 Å². The van der Waals surface area contributed by atoms with Crippen LogP contribution in [0.3, 0.4) is 0 Å². The van der Waals surface area contributed by atoms with Crippen LogP contribution in [0.1, 0.15) is 25.6 Å². The minimum atomic E-state index is -0.111. The maximum atomic E-state index is 12.0. The van der Waals surface area contributed by atoms with Crippen molar-refractivity contribution < 1.29 is 14.3 Å². The Hall–Kier alpha value is -1.59. The van der Waals surface area contributed by atoms with Gasteiger partial charge in [0.2, 0.25) is 5.91 Å². The average Bonchev–Trinajstić information content (AvgIpc) is 2.81. The Morgan fingerprint density at radius 1 is 1.50 bits per heavy atom. The molecule has 0 saturated carbocycles. The Balaban J connectivity index is 2.14. The minimum absolute atomic E-state index is 0.0250. The van der Waals surface area contributed by atoms with Crippen LogP contribution in [0.4, 0.5) is 0 Å². The highest BCUT2D eigenvalue weighted by atomic mass is 16.5. The molecule has 1 amide bonds. The summed E-state index contributed by atoms with van der Waals surface area (Å²) < 4.78 is 10.8. The van der Waals surface area contributed by atoms with Gasteiger partial charge in [-0.2, -0.15) is 0 Å². The molecule has 2 rings (SSSR count). The summed E-state index contributed by atoms with van der Waals surface area (Å²) in [6, 6.07) is 7.78. The Labute approximate surface area is 119 Å². The number of ether oxygens (including phenoxy) is 2. The van der Waals surface area contributed by atoms with E-state index in [4.69, 9.17) is 9.47 Å². The first-order valence-electron chi connectivity index (χ1n) is 6.94. The summed E-state index contributed by atoms with van der Waals surface area (Å²) in [6.07, 6.45) is -0.0857. The van der Waals surface area contributed by atoms with Crippen LogP contribution in [0.15, 0.2) is 24.3 Å². The zero-order valence-electron chi connectivity index (χ0n) is 12.3. The van der Waals surface area contributed by atoms with Gasteiger partial charge in [-0.05, 0) is 31.5 Å². The van der Waals surface area contributed by atoms with E-state index in [-0.39, 0.29) is 18.2 Å². The molecule has 0 aromatic heterocycles. The molecule has 2 atom stereocenters. The van der Waals surface area contributed by atoms with E-state index in [1.165, 1.54) is 0 Å². The third-order valence-corrected chi connectivity index (χ3v) is 3.39. The molecule has 1 N–H and O–H groups in total. The predicted octanol–water partition coefficient (Wildman–Crippen LogP) is 1.55. The Bertz CT molecular complexity index is 464. The second-order valence-electron chi connectivity index (χ2n) is 4.87. The maximum Gasteiger partial charge on any atom is 0.238 e. The zero-order valence-corrected chi connectivity index (χ0v) is 12.3. The van der Waals surface area contributed by atoms with Crippen LogP contribution < -0.4 is 10.1 Å². The third-order valence-electron chi connectivity index (χ3n) is 3.39. The van der Waals surface area contributed by atoms with Crippen LogP contribution in [0.5, 0.6) is 5.75 Å². The zero-order chi connectivity index (χ0) is 14.5. The lowest BCUT2D eigenvalue weighted by atomic mass is 10.1. The number of rotatable bonds is 6. The van der Waals surface area contributed by atoms with E-state index in [0.717, 1.165) is 11.3 Å². The van der Waals surface area contributed by atoms with E-state index in [1.807, 2.05) is 43.0 Å². The number of methoxy groups -OCH3 is 1. The normalized spacial score (nSPS) is 20.2. The largest absolute Gasteiger partial charge is 0.497 e. The Morgan fingerprint density at radius 3 is 3.00 bits per heavy atom. The number of nitrogens with one attached hydrogen (secondary N) is 1. The molecule has 1 heterocycles. The maximum absolute atomic E-state index is 12.0. The lowest BCUT2D eigenvalue weighted by molar-refractivity contribution is -0.129. The lowest BCUT2D eigenvalue weighted by Gasteiger charge is -2.27. The summed E-state index contributed by atoms with van der Waals surface area (Å²) in [5.41, 5.74) is 1.03. The van der Waals surface area contributed by atoms with E-state index in [2.05, 4.69) is 5.32 Å². The summed E-state index contributed by atoms with van der Waals surface area (Å²) in [5, 5.41) is 3.24. The first kappa shape index (κ1) is 14.8. The fourth-order valence-electron chi connectivity index (χ4n) is 2.47. The molecule has 0 radical (unpaired) electrons. The number of hydrogen-bond acceptors (Lipinski definition) is 4. The number of amides is 1. The molecule has 1 aliphatic heterocycles. The van der Waals surface area contributed by atoms with Crippen molar-refractivity contribution in [1.82, 2.24) is 10.2 Å². The summed E-state index contributed by atoms with van der Waals surface area (Å²) in [5.74, 6) is 0.894. The van der Waals surface area contributed by atoms with Crippen molar-refractivity contribution in [2.24, 2.45) is 0 Å². The smallest absolute Gasteiger partial charge is 0.238 e. The van der Waals surface area contributed by atoms with Crippen molar-refractivity contribution in [3.63, 3.8) is 0 Å². The first-order valence-corrected chi connectivity index (χ1v) is 6.94. The molecule has 5 nitrogen and oxygen atoms in total. The monoisotopic (exact) mass is 278 g/mol. The highest BCUT2D eigenvalue weighted by molar-refractivity contribution is 5.81. The van der Waals surface area contributed by atoms with Crippen molar-refractivity contribution >= 4 is 5.91 Å². The molecule has 2 unspecified atom stereocenters. The number of carbonyl (C=O) groups excluding carboxylic acids is 1. The number of nitrogens with zero attached hydrogens (tertiary/aromatic N) is 1. The van der Waals surface area contributed by atoms with Crippen LogP contribution in [0.2, 0.25) is 0 Å². The van der Waals surface area contributed by atoms with Gasteiger partial charge in [-0.25, -0.2) is 0 Å². The molecule has 0 bridgehead atoms. The molecule has 20 heavy (non-hydrogen) atoms. The van der Waals surface area contributed by atoms with E-state index in [1.54, 1.807) is 7.11 Å². The van der Waals surface area contributed by atoms with Crippen molar-refractivity contribution in [1.29, 1.82) is 0 Å². The van der Waals surface area contributed by atoms with Gasteiger partial charge in [-0.15, -0.1) is 0 Å². The molecular formula is C15H22N2O3. The van der Waals surface area contributed by atoms with Crippen molar-refractivity contribution in [3.8, 4) is 5.75 Å². The molecule has 0 spiro atoms. The fraction of sp³-hybridized carbons (Fsp3) is 0.533. The Kier molecular flexibility index (Phi) is 4.98. The molecule has 1 saturated heterocycles. The van der Waals surface area contributed by atoms with Crippen LogP contribution in [-0.4, -0.2) is 43.7 Å². The average molecular weight is 278 g/mol. The van der Waals surface area contributed by atoms with Gasteiger partial charge < -0.3 is 14.4 Å². The third kappa shape index (κ3) is 3.29. The topological polar surface area (TPSA) is 50.8 Å². The number of hydrogen-bond donors (Lipinski definition) is 1. The molecule has 0 aliphatic carbocycles. The second kappa shape index (κ2) is 6.72. The highest BCUT2D eigenvalue weighted by Gasteiger charge is 2.32. The predicted molar refractivity (Wildman–Crippen MR) is 76.5 cm³/mol. The van der Waals surface area contributed by atoms with Crippen molar-refractivity contribution in [2.75, 3.05) is 26.8 Å². The van der Waals surface area contributed by atoms with Crippen LogP contribution in [0, 0.1) is 0 Å². The fourth-order valence-corrected chi connectivity index (χ4v) is 2.47. The van der Waals surface area contributed by atoms with E-state index in [0.29, 0.717) is 19.7 Å². The minimum Gasteiger partial charge on any atom is -0.497 e. The lowest BCUT2D eigenvalue weighted by Crippen LogP contribution is -2.36. The van der Waals surface area contributed by atoms with Gasteiger partial charge in [0.05, 0.1) is 19.8 Å². The summed E-state index contributed by atoms with van der Waals surface area (Å²) in [6.45, 7) is 5.54. The van der Waals surface area contributed by atoms with Gasteiger partial charge in [-0.1, -0.05) is 12.1 Å². The van der Waals surface area contributed by atoms with Gasteiger partial charge >= 0.3 is 0 Å². The van der Waals surface area contributed by atoms with Gasteiger partial charge in [0.25, 0.3) is 0 Å².